The molecule has 0 aliphatic carbocycles. The molecule has 3 nitrogen and oxygen atoms in total. The van der Waals surface area contributed by atoms with E-state index in [9.17, 15) is 0 Å². The van der Waals surface area contributed by atoms with Gasteiger partial charge in [-0.15, -0.1) is 0 Å². The molecule has 1 unspecified atom stereocenters. The van der Waals surface area contributed by atoms with E-state index in [1.807, 2.05) is 12.1 Å². The van der Waals surface area contributed by atoms with E-state index in [4.69, 9.17) is 9.47 Å². The number of benzene rings is 1. The van der Waals surface area contributed by atoms with Crippen molar-refractivity contribution in [3.05, 3.63) is 29.8 Å². The van der Waals surface area contributed by atoms with E-state index in [-0.39, 0.29) is 11.6 Å². The van der Waals surface area contributed by atoms with Gasteiger partial charge in [0.15, 0.2) is 0 Å². The molecule has 1 fully saturated rings. The highest BCUT2D eigenvalue weighted by Crippen LogP contribution is 2.21. The molecule has 1 atom stereocenters. The van der Waals surface area contributed by atoms with E-state index in [0.717, 1.165) is 25.3 Å². The molecule has 1 aromatic rings. The predicted octanol–water partition coefficient (Wildman–Crippen LogP) is 2.21. The summed E-state index contributed by atoms with van der Waals surface area (Å²) in [6.45, 7) is 6.25. The van der Waals surface area contributed by atoms with Gasteiger partial charge in [0.1, 0.15) is 12.0 Å². The third-order valence-corrected chi connectivity index (χ3v) is 3.06. The number of hydrogen-bond donors (Lipinski definition) is 1. The maximum atomic E-state index is 5.81. The Morgan fingerprint density at radius 2 is 2.06 bits per heavy atom. The van der Waals surface area contributed by atoms with Gasteiger partial charge >= 0.3 is 0 Å². The van der Waals surface area contributed by atoms with E-state index in [1.54, 1.807) is 7.11 Å². The Bertz CT molecular complexity index is 349. The summed E-state index contributed by atoms with van der Waals surface area (Å²) in [5, 5.41) is 3.43. The Kier molecular flexibility index (Phi) is 3.69. The zero-order chi connectivity index (χ0) is 12.3. The van der Waals surface area contributed by atoms with Crippen LogP contribution in [0.3, 0.4) is 0 Å². The summed E-state index contributed by atoms with van der Waals surface area (Å²) in [6.07, 6.45) is 1.04. The fraction of sp³-hybridized carbons (Fsp3) is 0.571. The van der Waals surface area contributed by atoms with Crippen LogP contribution in [0.15, 0.2) is 24.3 Å². The van der Waals surface area contributed by atoms with Crippen LogP contribution in [0.5, 0.6) is 5.75 Å². The third-order valence-electron chi connectivity index (χ3n) is 3.06. The summed E-state index contributed by atoms with van der Waals surface area (Å²) in [7, 11) is 1.68. The Hall–Kier alpha value is -1.06. The first-order chi connectivity index (χ1) is 8.09. The number of ether oxygens (including phenoxy) is 2. The molecular weight excluding hydrogens is 214 g/mol. The average Bonchev–Trinajstić information content (AvgIpc) is 2.33. The van der Waals surface area contributed by atoms with Crippen LogP contribution in [-0.4, -0.2) is 26.5 Å². The van der Waals surface area contributed by atoms with Crippen LogP contribution < -0.4 is 10.1 Å². The Morgan fingerprint density at radius 1 is 1.35 bits per heavy atom. The van der Waals surface area contributed by atoms with Crippen LogP contribution in [0.4, 0.5) is 0 Å². The molecule has 2 rings (SSSR count). The van der Waals surface area contributed by atoms with Crippen molar-refractivity contribution in [3.63, 3.8) is 0 Å². The highest BCUT2D eigenvalue weighted by Gasteiger charge is 2.26. The maximum absolute atomic E-state index is 5.81. The first-order valence-electron chi connectivity index (χ1n) is 6.07. The van der Waals surface area contributed by atoms with Crippen LogP contribution in [0.1, 0.15) is 19.4 Å². The second-order valence-corrected chi connectivity index (χ2v) is 5.40. The molecule has 1 heterocycles. The van der Waals surface area contributed by atoms with Gasteiger partial charge in [0.05, 0.1) is 13.7 Å². The van der Waals surface area contributed by atoms with Crippen LogP contribution >= 0.6 is 0 Å². The van der Waals surface area contributed by atoms with Crippen molar-refractivity contribution >= 4 is 0 Å². The highest BCUT2D eigenvalue weighted by atomic mass is 16.5. The second kappa shape index (κ2) is 5.07. The normalized spacial score (nSPS) is 23.4. The van der Waals surface area contributed by atoms with Crippen molar-refractivity contribution in [2.24, 2.45) is 5.41 Å². The van der Waals surface area contributed by atoms with Crippen molar-refractivity contribution in [1.29, 1.82) is 0 Å². The monoisotopic (exact) mass is 235 g/mol. The summed E-state index contributed by atoms with van der Waals surface area (Å²) in [5.74, 6) is 0.896. The van der Waals surface area contributed by atoms with Gasteiger partial charge in [-0.1, -0.05) is 26.0 Å². The lowest BCUT2D eigenvalue weighted by molar-refractivity contribution is -0.0566. The Labute approximate surface area is 103 Å². The van der Waals surface area contributed by atoms with Gasteiger partial charge in [0.25, 0.3) is 0 Å². The van der Waals surface area contributed by atoms with Crippen LogP contribution in [-0.2, 0) is 11.2 Å². The smallest absolute Gasteiger partial charge is 0.118 e. The van der Waals surface area contributed by atoms with E-state index < -0.39 is 0 Å². The van der Waals surface area contributed by atoms with E-state index in [1.165, 1.54) is 5.56 Å². The summed E-state index contributed by atoms with van der Waals surface area (Å²) >= 11 is 0. The van der Waals surface area contributed by atoms with Gasteiger partial charge in [0.2, 0.25) is 0 Å². The fourth-order valence-corrected chi connectivity index (χ4v) is 1.93. The summed E-state index contributed by atoms with van der Waals surface area (Å²) < 4.78 is 11.0. The number of hydrogen-bond acceptors (Lipinski definition) is 3. The first kappa shape index (κ1) is 12.4. The molecule has 17 heavy (non-hydrogen) atoms. The fourth-order valence-electron chi connectivity index (χ4n) is 1.93. The zero-order valence-electron chi connectivity index (χ0n) is 10.8. The van der Waals surface area contributed by atoms with Gasteiger partial charge in [-0.25, -0.2) is 0 Å². The molecule has 1 aromatic carbocycles. The number of nitrogens with one attached hydrogen (secondary N) is 1. The Balaban J connectivity index is 1.89. The molecule has 3 heteroatoms. The molecule has 94 valence electrons. The third kappa shape index (κ3) is 3.45. The standard InChI is InChI=1S/C14H21NO2/c1-14(2)9-15-13(17-10-14)8-11-4-6-12(16-3)7-5-11/h4-7,13,15H,8-10H2,1-3H3. The minimum atomic E-state index is 0.136. The van der Waals surface area contributed by atoms with E-state index in [0.29, 0.717) is 0 Å². The SMILES string of the molecule is COc1ccc(CC2NCC(C)(C)CO2)cc1. The lowest BCUT2D eigenvalue weighted by Gasteiger charge is -2.35. The van der Waals surface area contributed by atoms with Crippen molar-refractivity contribution < 1.29 is 9.47 Å². The second-order valence-electron chi connectivity index (χ2n) is 5.40. The van der Waals surface area contributed by atoms with Crippen molar-refractivity contribution in [2.75, 3.05) is 20.3 Å². The predicted molar refractivity (Wildman–Crippen MR) is 68.2 cm³/mol. The van der Waals surface area contributed by atoms with Crippen LogP contribution in [0.2, 0.25) is 0 Å². The molecule has 0 bridgehead atoms. The van der Waals surface area contributed by atoms with E-state index >= 15 is 0 Å². The summed E-state index contributed by atoms with van der Waals surface area (Å²) in [5.41, 5.74) is 1.51. The topological polar surface area (TPSA) is 30.5 Å². The minimum Gasteiger partial charge on any atom is -0.497 e. The molecule has 0 amide bonds. The van der Waals surface area contributed by atoms with Gasteiger partial charge in [0, 0.05) is 18.4 Å². The van der Waals surface area contributed by atoms with E-state index in [2.05, 4.69) is 31.3 Å². The molecule has 0 spiro atoms. The minimum absolute atomic E-state index is 0.136. The van der Waals surface area contributed by atoms with Crippen molar-refractivity contribution in [1.82, 2.24) is 5.32 Å². The van der Waals surface area contributed by atoms with Crippen molar-refractivity contribution in [2.45, 2.75) is 26.5 Å². The first-order valence-corrected chi connectivity index (χ1v) is 6.07. The van der Waals surface area contributed by atoms with Gasteiger partial charge in [-0.05, 0) is 17.7 Å². The molecule has 1 aliphatic heterocycles. The molecule has 1 N–H and O–H groups in total. The van der Waals surface area contributed by atoms with Gasteiger partial charge in [-0.2, -0.15) is 0 Å². The zero-order valence-corrected chi connectivity index (χ0v) is 10.8. The lowest BCUT2D eigenvalue weighted by atomic mass is 9.93. The van der Waals surface area contributed by atoms with Crippen LogP contribution in [0.25, 0.3) is 0 Å². The molecular formula is C14H21NO2. The quantitative estimate of drug-likeness (QED) is 0.871. The van der Waals surface area contributed by atoms with Gasteiger partial charge < -0.3 is 9.47 Å². The molecule has 0 aromatic heterocycles. The maximum Gasteiger partial charge on any atom is 0.118 e. The average molecular weight is 235 g/mol. The largest absolute Gasteiger partial charge is 0.497 e. The summed E-state index contributed by atoms with van der Waals surface area (Å²) in [6, 6.07) is 8.15. The summed E-state index contributed by atoms with van der Waals surface area (Å²) in [4.78, 5) is 0. The number of methoxy groups -OCH3 is 1. The Morgan fingerprint density at radius 3 is 2.59 bits per heavy atom. The van der Waals surface area contributed by atoms with Crippen molar-refractivity contribution in [3.8, 4) is 5.75 Å². The molecule has 1 aliphatic rings. The molecule has 1 saturated heterocycles. The number of rotatable bonds is 3. The molecule has 0 saturated carbocycles. The van der Waals surface area contributed by atoms with Gasteiger partial charge in [-0.3, -0.25) is 5.32 Å². The van der Waals surface area contributed by atoms with Crippen LogP contribution in [0, 0.1) is 5.41 Å². The molecule has 0 radical (unpaired) electrons. The lowest BCUT2D eigenvalue weighted by Crippen LogP contribution is -2.48. The highest BCUT2D eigenvalue weighted by molar-refractivity contribution is 5.27.